The third kappa shape index (κ3) is 4.17. The number of methoxy groups -OCH3 is 1. The van der Waals surface area contributed by atoms with E-state index in [1.165, 1.54) is 10.6 Å². The first-order chi connectivity index (χ1) is 15.2. The number of hydrogen-bond donors (Lipinski definition) is 1. The van der Waals surface area contributed by atoms with E-state index in [4.69, 9.17) is 4.74 Å². The van der Waals surface area contributed by atoms with Crippen molar-refractivity contribution in [2.75, 3.05) is 18.6 Å². The Hall–Kier alpha value is -3.41. The van der Waals surface area contributed by atoms with Gasteiger partial charge in [0.25, 0.3) is 0 Å². The van der Waals surface area contributed by atoms with Crippen LogP contribution in [0.2, 0.25) is 0 Å². The topological polar surface area (TPSA) is 92.8 Å². The van der Waals surface area contributed by atoms with Crippen molar-refractivity contribution < 1.29 is 23.1 Å². The van der Waals surface area contributed by atoms with Crippen LogP contribution in [-0.2, 0) is 19.3 Å². The molecule has 0 spiro atoms. The zero-order valence-corrected chi connectivity index (χ0v) is 17.9. The van der Waals surface area contributed by atoms with E-state index >= 15 is 0 Å². The summed E-state index contributed by atoms with van der Waals surface area (Å²) in [5, 5.41) is 12.8. The molecule has 12 heteroatoms. The van der Waals surface area contributed by atoms with Gasteiger partial charge in [-0.25, -0.2) is 4.79 Å². The summed E-state index contributed by atoms with van der Waals surface area (Å²) < 4.78 is 45.0. The number of aryl methyl sites for hydroxylation is 1. The van der Waals surface area contributed by atoms with E-state index in [1.807, 2.05) is 6.07 Å². The van der Waals surface area contributed by atoms with Crippen molar-refractivity contribution in [2.45, 2.75) is 26.2 Å². The minimum atomic E-state index is -4.43. The summed E-state index contributed by atoms with van der Waals surface area (Å²) in [5.74, 6) is 1.08. The lowest BCUT2D eigenvalue weighted by Gasteiger charge is -2.29. The number of aromatic nitrogens is 3. The molecule has 3 heterocycles. The van der Waals surface area contributed by atoms with Crippen molar-refractivity contribution in [3.8, 4) is 5.75 Å². The zero-order valence-electron chi connectivity index (χ0n) is 17.0. The maximum absolute atomic E-state index is 12.8. The summed E-state index contributed by atoms with van der Waals surface area (Å²) in [6.45, 7) is 2.08. The highest BCUT2D eigenvalue weighted by Gasteiger charge is 2.32. The smallest absolute Gasteiger partial charge is 0.425 e. The van der Waals surface area contributed by atoms with E-state index in [1.54, 1.807) is 31.1 Å². The maximum atomic E-state index is 12.8. The number of nitrogens with zero attached hydrogens (tertiary/aromatic N) is 5. The van der Waals surface area contributed by atoms with Gasteiger partial charge in [0.15, 0.2) is 0 Å². The highest BCUT2D eigenvalue weighted by Crippen LogP contribution is 2.34. The van der Waals surface area contributed by atoms with Crippen LogP contribution in [0.15, 0.2) is 40.3 Å². The lowest BCUT2D eigenvalue weighted by molar-refractivity contribution is -0.134. The highest BCUT2D eigenvalue weighted by atomic mass is 32.1. The van der Waals surface area contributed by atoms with Gasteiger partial charge in [0.05, 0.1) is 20.2 Å². The molecule has 32 heavy (non-hydrogen) atoms. The maximum Gasteiger partial charge on any atom is 0.425 e. The van der Waals surface area contributed by atoms with Gasteiger partial charge < -0.3 is 14.8 Å². The number of oxime groups is 1. The second-order valence-electron chi connectivity index (χ2n) is 7.13. The summed E-state index contributed by atoms with van der Waals surface area (Å²) in [4.78, 5) is 22.4. The van der Waals surface area contributed by atoms with Crippen LogP contribution in [0.4, 0.5) is 19.1 Å². The number of thiophene rings is 1. The van der Waals surface area contributed by atoms with Gasteiger partial charge in [0.1, 0.15) is 22.2 Å². The first-order valence-corrected chi connectivity index (χ1v) is 10.3. The molecule has 0 radical (unpaired) electrons. The molecule has 2 aromatic heterocycles. The second-order valence-corrected chi connectivity index (χ2v) is 8.30. The zero-order chi connectivity index (χ0) is 23.0. The summed E-state index contributed by atoms with van der Waals surface area (Å²) in [6.07, 6.45) is -4.43. The third-order valence-corrected chi connectivity index (χ3v) is 6.18. The van der Waals surface area contributed by atoms with Crippen LogP contribution in [0.1, 0.15) is 26.7 Å². The minimum absolute atomic E-state index is 0.0579. The van der Waals surface area contributed by atoms with E-state index in [-0.39, 0.29) is 19.0 Å². The molecular formula is C20H18F3N5O3S. The third-order valence-electron chi connectivity index (χ3n) is 5.07. The molecule has 1 N–H and O–H groups in total. The van der Waals surface area contributed by atoms with Gasteiger partial charge >= 0.3 is 11.9 Å². The van der Waals surface area contributed by atoms with Crippen LogP contribution < -0.4 is 15.3 Å². The summed E-state index contributed by atoms with van der Waals surface area (Å²) in [7, 11) is 1.54. The fourth-order valence-corrected chi connectivity index (χ4v) is 4.32. The number of fused-ring (bicyclic) bond motifs is 1. The van der Waals surface area contributed by atoms with Gasteiger partial charge in [-0.1, -0.05) is 11.2 Å². The Labute approximate surface area is 184 Å². The van der Waals surface area contributed by atoms with Gasteiger partial charge in [-0.2, -0.15) is 23.1 Å². The van der Waals surface area contributed by atoms with E-state index in [0.717, 1.165) is 17.2 Å². The fraction of sp³-hybridized carbons (Fsp3) is 0.300. The Balaban J connectivity index is 1.62. The molecule has 1 aromatic carbocycles. The Bertz CT molecular complexity index is 1250. The number of halogens is 3. The van der Waals surface area contributed by atoms with E-state index < -0.39 is 16.7 Å². The van der Waals surface area contributed by atoms with E-state index in [2.05, 4.69) is 15.1 Å². The largest absolute Gasteiger partial charge is 0.497 e. The van der Waals surface area contributed by atoms with E-state index in [0.29, 0.717) is 40.0 Å². The fourth-order valence-electron chi connectivity index (χ4n) is 3.45. The second kappa shape index (κ2) is 8.26. The monoisotopic (exact) mass is 465 g/mol. The predicted octanol–water partition coefficient (Wildman–Crippen LogP) is 3.28. The molecular weight excluding hydrogens is 447 g/mol. The highest BCUT2D eigenvalue weighted by molar-refractivity contribution is 7.12. The molecule has 1 aliphatic rings. The first kappa shape index (κ1) is 21.8. The molecule has 0 unspecified atom stereocenters. The molecule has 0 saturated heterocycles. The lowest BCUT2D eigenvalue weighted by atomic mass is 9.98. The number of rotatable bonds is 4. The van der Waals surface area contributed by atoms with Crippen molar-refractivity contribution in [3.63, 3.8) is 0 Å². The number of benzene rings is 1. The Morgan fingerprint density at radius 2 is 2.00 bits per heavy atom. The van der Waals surface area contributed by atoms with Gasteiger partial charge in [-0.05, 0) is 36.8 Å². The van der Waals surface area contributed by atoms with Crippen molar-refractivity contribution in [1.29, 1.82) is 0 Å². The minimum Gasteiger partial charge on any atom is -0.497 e. The summed E-state index contributed by atoms with van der Waals surface area (Å²) in [5.41, 5.74) is 1.31. The van der Waals surface area contributed by atoms with Crippen LogP contribution in [0.3, 0.4) is 0 Å². The Morgan fingerprint density at radius 1 is 1.22 bits per heavy atom. The van der Waals surface area contributed by atoms with Crippen LogP contribution in [-0.4, -0.2) is 39.1 Å². The molecule has 1 aliphatic heterocycles. The molecule has 0 atom stereocenters. The van der Waals surface area contributed by atoms with Gasteiger partial charge in [-0.15, -0.1) is 11.3 Å². The normalized spacial score (nSPS) is 15.2. The lowest BCUT2D eigenvalue weighted by Crippen LogP contribution is -2.39. The Kier molecular flexibility index (Phi) is 5.63. The quantitative estimate of drug-likeness (QED) is 0.470. The van der Waals surface area contributed by atoms with Crippen molar-refractivity contribution in [2.24, 2.45) is 5.16 Å². The van der Waals surface area contributed by atoms with Gasteiger partial charge in [0, 0.05) is 17.0 Å². The molecule has 0 saturated carbocycles. The molecule has 0 bridgehead atoms. The van der Waals surface area contributed by atoms with Crippen LogP contribution in [0.25, 0.3) is 0 Å². The standard InChI is InChI=1S/C20H18F3N5O3S/c1-11-24-18(25-19(29)28(11)9-14-5-6-17(32-14)20(21,22)23)27-8-12-3-4-13(31-2)7-15(12)16(10-27)26-30/h3-7,30H,8-10H2,1-2H3/b26-16+. The molecule has 4 rings (SSSR count). The number of alkyl halides is 3. The van der Waals surface area contributed by atoms with Crippen molar-refractivity contribution in [3.05, 3.63) is 67.5 Å². The van der Waals surface area contributed by atoms with Gasteiger partial charge in [-0.3, -0.25) is 4.57 Å². The molecule has 0 amide bonds. The number of ether oxygens (including phenoxy) is 1. The van der Waals surface area contributed by atoms with Crippen LogP contribution in [0, 0.1) is 6.92 Å². The predicted molar refractivity (Wildman–Crippen MR) is 112 cm³/mol. The van der Waals surface area contributed by atoms with Crippen molar-refractivity contribution in [1.82, 2.24) is 14.5 Å². The Morgan fingerprint density at radius 3 is 2.62 bits per heavy atom. The summed E-state index contributed by atoms with van der Waals surface area (Å²) >= 11 is 0.578. The average molecular weight is 465 g/mol. The van der Waals surface area contributed by atoms with Gasteiger partial charge in [0.2, 0.25) is 5.95 Å². The molecule has 168 valence electrons. The van der Waals surface area contributed by atoms with Crippen molar-refractivity contribution >= 4 is 23.0 Å². The van der Waals surface area contributed by atoms with Crippen LogP contribution in [0.5, 0.6) is 5.75 Å². The SMILES string of the molecule is COc1ccc2c(c1)/C(=N/O)CN(c1nc(C)n(Cc3ccc(C(F)(F)F)s3)c(=O)n1)C2. The molecule has 0 aliphatic carbocycles. The average Bonchev–Trinajstić information content (AvgIpc) is 3.24. The van der Waals surface area contributed by atoms with E-state index in [9.17, 15) is 23.2 Å². The molecule has 0 fully saturated rings. The number of anilines is 1. The van der Waals surface area contributed by atoms with Crippen LogP contribution >= 0.6 is 11.3 Å². The molecule has 3 aromatic rings. The molecule has 8 nitrogen and oxygen atoms in total. The summed E-state index contributed by atoms with van der Waals surface area (Å²) in [6, 6.07) is 7.70. The number of hydrogen-bond acceptors (Lipinski definition) is 8. The first-order valence-electron chi connectivity index (χ1n) is 9.44.